The van der Waals surface area contributed by atoms with E-state index in [0.717, 1.165) is 5.56 Å². The number of aliphatic carboxylic acids is 1. The monoisotopic (exact) mass is 253 g/mol. The third kappa shape index (κ3) is 4.49. The smallest absolute Gasteiger partial charge is 0.320 e. The van der Waals surface area contributed by atoms with Gasteiger partial charge in [-0.15, -0.1) is 0 Å². The van der Waals surface area contributed by atoms with Crippen LogP contribution in [0.1, 0.15) is 45.7 Å². The van der Waals surface area contributed by atoms with E-state index in [4.69, 9.17) is 5.11 Å². The van der Waals surface area contributed by atoms with Crippen LogP contribution in [0, 0.1) is 5.92 Å². The summed E-state index contributed by atoms with van der Waals surface area (Å²) in [6, 6.07) is -0.169. The van der Waals surface area contributed by atoms with Crippen molar-refractivity contribution in [3.63, 3.8) is 0 Å². The van der Waals surface area contributed by atoms with E-state index in [1.54, 1.807) is 6.20 Å². The van der Waals surface area contributed by atoms with Gasteiger partial charge in [-0.3, -0.25) is 9.48 Å². The Kier molecular flexibility index (Phi) is 5.34. The summed E-state index contributed by atoms with van der Waals surface area (Å²) in [6.07, 6.45) is 4.36. The van der Waals surface area contributed by atoms with Gasteiger partial charge in [-0.1, -0.05) is 13.8 Å². The summed E-state index contributed by atoms with van der Waals surface area (Å²) in [4.78, 5) is 11.1. The van der Waals surface area contributed by atoms with Gasteiger partial charge in [0, 0.05) is 24.3 Å². The van der Waals surface area contributed by atoms with Gasteiger partial charge in [0.25, 0.3) is 0 Å². The van der Waals surface area contributed by atoms with Crippen LogP contribution in [0.15, 0.2) is 12.4 Å². The molecule has 2 N–H and O–H groups in total. The van der Waals surface area contributed by atoms with Crippen molar-refractivity contribution in [3.8, 4) is 0 Å². The normalized spacial score (nSPS) is 13.2. The third-order valence-electron chi connectivity index (χ3n) is 2.74. The summed E-state index contributed by atoms with van der Waals surface area (Å²) in [6.45, 7) is 8.70. The van der Waals surface area contributed by atoms with Crippen molar-refractivity contribution >= 4 is 5.97 Å². The summed E-state index contributed by atoms with van der Waals surface area (Å²) < 4.78 is 1.87. The van der Waals surface area contributed by atoms with Crippen LogP contribution in [0.25, 0.3) is 0 Å². The fourth-order valence-corrected chi connectivity index (χ4v) is 1.73. The van der Waals surface area contributed by atoms with Crippen LogP contribution in [0.2, 0.25) is 0 Å². The van der Waals surface area contributed by atoms with Gasteiger partial charge in [0.05, 0.1) is 6.20 Å². The number of carboxylic acid groups (broad SMARTS) is 1. The first-order valence-corrected chi connectivity index (χ1v) is 6.39. The molecule has 0 aliphatic carbocycles. The van der Waals surface area contributed by atoms with E-state index in [1.165, 1.54) is 0 Å². The molecule has 0 spiro atoms. The number of hydrogen-bond donors (Lipinski definition) is 2. The second-order valence-corrected chi connectivity index (χ2v) is 5.32. The fraction of sp³-hybridized carbons (Fsp3) is 0.692. The predicted molar refractivity (Wildman–Crippen MR) is 70.3 cm³/mol. The molecule has 5 nitrogen and oxygen atoms in total. The third-order valence-corrected chi connectivity index (χ3v) is 2.74. The Balaban J connectivity index is 2.53. The van der Waals surface area contributed by atoms with Crippen LogP contribution in [0.5, 0.6) is 0 Å². The van der Waals surface area contributed by atoms with Crippen molar-refractivity contribution in [1.82, 2.24) is 15.1 Å². The first-order chi connectivity index (χ1) is 8.40. The standard InChI is InChI=1S/C13H23N3O2/c1-9(2)5-12(13(17)18)14-6-11-7-15-16(8-11)10(3)4/h7-10,12,14H,5-6H2,1-4H3,(H,17,18). The molecular weight excluding hydrogens is 230 g/mol. The number of rotatable bonds is 7. The zero-order valence-electron chi connectivity index (χ0n) is 11.6. The Bertz CT molecular complexity index is 385. The molecule has 0 saturated carbocycles. The number of aromatic nitrogens is 2. The van der Waals surface area contributed by atoms with Crippen molar-refractivity contribution in [1.29, 1.82) is 0 Å². The zero-order valence-corrected chi connectivity index (χ0v) is 11.6. The molecule has 1 aromatic rings. The minimum Gasteiger partial charge on any atom is -0.480 e. The molecule has 102 valence electrons. The van der Waals surface area contributed by atoms with E-state index in [2.05, 4.69) is 24.3 Å². The SMILES string of the molecule is CC(C)CC(NCc1cnn(C(C)C)c1)C(=O)O. The summed E-state index contributed by atoms with van der Waals surface area (Å²) >= 11 is 0. The van der Waals surface area contributed by atoms with E-state index < -0.39 is 12.0 Å². The summed E-state index contributed by atoms with van der Waals surface area (Å²) in [5, 5.41) is 16.4. The number of nitrogens with one attached hydrogen (secondary N) is 1. The molecule has 0 aliphatic heterocycles. The number of carboxylic acids is 1. The first kappa shape index (κ1) is 14.7. The van der Waals surface area contributed by atoms with Crippen LogP contribution in [0.4, 0.5) is 0 Å². The maximum atomic E-state index is 11.1. The van der Waals surface area contributed by atoms with E-state index in [0.29, 0.717) is 24.9 Å². The Morgan fingerprint density at radius 2 is 2.11 bits per heavy atom. The van der Waals surface area contributed by atoms with Crippen LogP contribution in [-0.2, 0) is 11.3 Å². The minimum absolute atomic E-state index is 0.324. The molecule has 1 heterocycles. The van der Waals surface area contributed by atoms with Crippen molar-refractivity contribution < 1.29 is 9.90 Å². The molecule has 1 rings (SSSR count). The molecule has 0 fully saturated rings. The molecule has 0 bridgehead atoms. The van der Waals surface area contributed by atoms with Crippen LogP contribution in [0.3, 0.4) is 0 Å². The van der Waals surface area contributed by atoms with Crippen LogP contribution in [-0.4, -0.2) is 26.9 Å². The lowest BCUT2D eigenvalue weighted by atomic mass is 10.0. The molecule has 0 saturated heterocycles. The highest BCUT2D eigenvalue weighted by atomic mass is 16.4. The summed E-state index contributed by atoms with van der Waals surface area (Å²) in [7, 11) is 0. The van der Waals surface area contributed by atoms with Gasteiger partial charge in [-0.25, -0.2) is 0 Å². The van der Waals surface area contributed by atoms with Crippen LogP contribution >= 0.6 is 0 Å². The average molecular weight is 253 g/mol. The largest absolute Gasteiger partial charge is 0.480 e. The number of carbonyl (C=O) groups is 1. The highest BCUT2D eigenvalue weighted by Crippen LogP contribution is 2.08. The Morgan fingerprint density at radius 1 is 1.44 bits per heavy atom. The Hall–Kier alpha value is -1.36. The molecule has 1 unspecified atom stereocenters. The molecular formula is C13H23N3O2. The quantitative estimate of drug-likeness (QED) is 0.780. The van der Waals surface area contributed by atoms with Gasteiger partial charge in [-0.2, -0.15) is 5.10 Å². The van der Waals surface area contributed by atoms with E-state index in [-0.39, 0.29) is 0 Å². The predicted octanol–water partition coefficient (Wildman–Crippen LogP) is 2.05. The van der Waals surface area contributed by atoms with Gasteiger partial charge < -0.3 is 10.4 Å². The first-order valence-electron chi connectivity index (χ1n) is 6.39. The van der Waals surface area contributed by atoms with Gasteiger partial charge in [0.1, 0.15) is 6.04 Å². The van der Waals surface area contributed by atoms with Gasteiger partial charge in [-0.05, 0) is 26.2 Å². The molecule has 0 radical (unpaired) electrons. The molecule has 18 heavy (non-hydrogen) atoms. The Morgan fingerprint density at radius 3 is 2.56 bits per heavy atom. The van der Waals surface area contributed by atoms with Crippen molar-refractivity contribution in [3.05, 3.63) is 18.0 Å². The van der Waals surface area contributed by atoms with Crippen molar-refractivity contribution in [2.24, 2.45) is 5.92 Å². The molecule has 0 aliphatic rings. The number of nitrogens with zero attached hydrogens (tertiary/aromatic N) is 2. The molecule has 5 heteroatoms. The molecule has 0 amide bonds. The second-order valence-electron chi connectivity index (χ2n) is 5.32. The lowest BCUT2D eigenvalue weighted by Crippen LogP contribution is -2.37. The highest BCUT2D eigenvalue weighted by molar-refractivity contribution is 5.73. The van der Waals surface area contributed by atoms with Gasteiger partial charge >= 0.3 is 5.97 Å². The highest BCUT2D eigenvalue weighted by Gasteiger charge is 2.18. The van der Waals surface area contributed by atoms with Crippen LogP contribution < -0.4 is 5.32 Å². The Labute approximate surface area is 108 Å². The van der Waals surface area contributed by atoms with Crippen molar-refractivity contribution in [2.45, 2.75) is 52.7 Å². The van der Waals surface area contributed by atoms with Gasteiger partial charge in [0.15, 0.2) is 0 Å². The molecule has 1 aromatic heterocycles. The fourth-order valence-electron chi connectivity index (χ4n) is 1.73. The maximum absolute atomic E-state index is 11.1. The molecule has 1 atom stereocenters. The van der Waals surface area contributed by atoms with Crippen molar-refractivity contribution in [2.75, 3.05) is 0 Å². The molecule has 0 aromatic carbocycles. The zero-order chi connectivity index (χ0) is 13.7. The van der Waals surface area contributed by atoms with E-state index in [1.807, 2.05) is 24.7 Å². The van der Waals surface area contributed by atoms with E-state index in [9.17, 15) is 4.79 Å². The average Bonchev–Trinajstić information content (AvgIpc) is 2.72. The second kappa shape index (κ2) is 6.54. The summed E-state index contributed by atoms with van der Waals surface area (Å²) in [5.41, 5.74) is 1.01. The lowest BCUT2D eigenvalue weighted by molar-refractivity contribution is -0.140. The number of hydrogen-bond acceptors (Lipinski definition) is 3. The van der Waals surface area contributed by atoms with Gasteiger partial charge in [0.2, 0.25) is 0 Å². The minimum atomic E-state index is -0.792. The topological polar surface area (TPSA) is 67.2 Å². The maximum Gasteiger partial charge on any atom is 0.320 e. The lowest BCUT2D eigenvalue weighted by Gasteiger charge is -2.15. The summed E-state index contributed by atoms with van der Waals surface area (Å²) in [5.74, 6) is -0.433. The van der Waals surface area contributed by atoms with E-state index >= 15 is 0 Å².